The average Bonchev–Trinajstić information content (AvgIpc) is 3.13. The molecule has 10 heteroatoms. The van der Waals surface area contributed by atoms with Crippen molar-refractivity contribution in [2.45, 2.75) is 6.92 Å². The van der Waals surface area contributed by atoms with Crippen LogP contribution >= 0.6 is 22.9 Å². The number of imide groups is 1. The molecule has 3 amide bonds. The fraction of sp³-hybridized carbons (Fsp3) is 0.125. The summed E-state index contributed by atoms with van der Waals surface area (Å²) in [5, 5.41) is 7.65. The highest BCUT2D eigenvalue weighted by atomic mass is 35.5. The molecular weight excluding hydrogens is 380 g/mol. The number of aryl methyl sites for hydroxylation is 1. The minimum atomic E-state index is -1.01. The lowest BCUT2D eigenvalue weighted by Gasteiger charge is -2.03. The lowest BCUT2D eigenvalue weighted by atomic mass is 10.3. The second kappa shape index (κ2) is 7.14. The number of urea groups is 1. The van der Waals surface area contributed by atoms with Crippen LogP contribution in [0.3, 0.4) is 0 Å². The zero-order chi connectivity index (χ0) is 18.8. The summed E-state index contributed by atoms with van der Waals surface area (Å²) in [6.07, 6.45) is 0. The summed E-state index contributed by atoms with van der Waals surface area (Å²) >= 11 is 7.21. The van der Waals surface area contributed by atoms with E-state index in [1.807, 2.05) is 18.3 Å². The third-order valence-electron chi connectivity index (χ3n) is 3.40. The zero-order valence-corrected chi connectivity index (χ0v) is 15.1. The van der Waals surface area contributed by atoms with Crippen LogP contribution < -0.4 is 11.1 Å². The van der Waals surface area contributed by atoms with Gasteiger partial charge in [0.25, 0.3) is 5.91 Å². The van der Waals surface area contributed by atoms with Gasteiger partial charge in [-0.1, -0.05) is 17.7 Å². The van der Waals surface area contributed by atoms with Crippen LogP contribution in [0.5, 0.6) is 0 Å². The molecule has 134 valence electrons. The van der Waals surface area contributed by atoms with Gasteiger partial charge in [-0.2, -0.15) is 5.10 Å². The van der Waals surface area contributed by atoms with Crippen LogP contribution in [-0.4, -0.2) is 34.3 Å². The van der Waals surface area contributed by atoms with Gasteiger partial charge < -0.3 is 10.5 Å². The lowest BCUT2D eigenvalue weighted by Crippen LogP contribution is -2.37. The maximum Gasteiger partial charge on any atom is 0.348 e. The fourth-order valence-corrected chi connectivity index (χ4v) is 3.57. The predicted octanol–water partition coefficient (Wildman–Crippen LogP) is 2.40. The molecule has 2 aromatic heterocycles. The number of primary amides is 1. The molecule has 0 spiro atoms. The molecule has 3 N–H and O–H groups in total. The van der Waals surface area contributed by atoms with Gasteiger partial charge in [0.1, 0.15) is 9.71 Å². The Morgan fingerprint density at radius 1 is 1.35 bits per heavy atom. The minimum absolute atomic E-state index is 0.308. The Labute approximate surface area is 156 Å². The molecule has 0 aliphatic heterocycles. The van der Waals surface area contributed by atoms with Crippen molar-refractivity contribution >= 4 is 51.1 Å². The van der Waals surface area contributed by atoms with Crippen molar-refractivity contribution in [3.05, 3.63) is 45.9 Å². The van der Waals surface area contributed by atoms with Crippen LogP contribution in [0.1, 0.15) is 15.4 Å². The third-order valence-corrected chi connectivity index (χ3v) is 4.72. The highest BCUT2D eigenvalue weighted by molar-refractivity contribution is 7.20. The van der Waals surface area contributed by atoms with E-state index < -0.39 is 24.5 Å². The van der Waals surface area contributed by atoms with Gasteiger partial charge in [-0.05, 0) is 31.2 Å². The number of halogens is 1. The Morgan fingerprint density at radius 3 is 2.81 bits per heavy atom. The van der Waals surface area contributed by atoms with Gasteiger partial charge in [-0.3, -0.25) is 10.1 Å². The summed E-state index contributed by atoms with van der Waals surface area (Å²) in [5.74, 6) is -1.48. The van der Waals surface area contributed by atoms with E-state index in [4.69, 9.17) is 22.1 Å². The molecule has 0 atom stereocenters. The predicted molar refractivity (Wildman–Crippen MR) is 96.7 cm³/mol. The Bertz CT molecular complexity index is 1030. The largest absolute Gasteiger partial charge is 0.451 e. The highest BCUT2D eigenvalue weighted by Gasteiger charge is 2.19. The van der Waals surface area contributed by atoms with Gasteiger partial charge in [0.15, 0.2) is 6.61 Å². The quantitative estimate of drug-likeness (QED) is 0.661. The molecule has 26 heavy (non-hydrogen) atoms. The number of ether oxygens (including phenoxy) is 1. The molecule has 0 saturated heterocycles. The van der Waals surface area contributed by atoms with Gasteiger partial charge in [0.05, 0.1) is 11.4 Å². The number of nitrogens with two attached hydrogens (primary N) is 1. The van der Waals surface area contributed by atoms with Crippen LogP contribution in [0.2, 0.25) is 5.02 Å². The number of carbonyl (C=O) groups is 3. The highest BCUT2D eigenvalue weighted by Crippen LogP contribution is 2.31. The molecule has 2 heterocycles. The molecule has 1 aromatic carbocycles. The SMILES string of the molecule is Cc1nn(-c2cccc(Cl)c2)c2sc(C(=O)OCC(=O)NC(N)=O)cc12. The van der Waals surface area contributed by atoms with Gasteiger partial charge in [-0.25, -0.2) is 14.3 Å². The van der Waals surface area contributed by atoms with Gasteiger partial charge in [0.2, 0.25) is 0 Å². The smallest absolute Gasteiger partial charge is 0.348 e. The van der Waals surface area contributed by atoms with Crippen molar-refractivity contribution in [2.75, 3.05) is 6.61 Å². The van der Waals surface area contributed by atoms with Gasteiger partial charge in [0, 0.05) is 10.4 Å². The normalized spacial score (nSPS) is 10.7. The standard InChI is InChI=1S/C16H13ClN4O4S/c1-8-11-6-12(15(23)25-7-13(22)19-16(18)24)26-14(11)21(20-8)10-4-2-3-9(17)5-10/h2-6H,7H2,1H3,(H3,18,19,22,24). The first kappa shape index (κ1) is 17.9. The molecule has 3 aromatic rings. The first-order valence-corrected chi connectivity index (χ1v) is 8.56. The maximum absolute atomic E-state index is 12.2. The molecule has 0 aliphatic carbocycles. The van der Waals surface area contributed by atoms with Crippen molar-refractivity contribution in [3.63, 3.8) is 0 Å². The summed E-state index contributed by atoms with van der Waals surface area (Å²) in [4.78, 5) is 35.1. The maximum atomic E-state index is 12.2. The van der Waals surface area contributed by atoms with Crippen molar-refractivity contribution in [1.82, 2.24) is 15.1 Å². The Hall–Kier alpha value is -2.91. The molecule has 0 aliphatic rings. The van der Waals surface area contributed by atoms with Crippen molar-refractivity contribution in [2.24, 2.45) is 5.73 Å². The number of benzene rings is 1. The summed E-state index contributed by atoms with van der Waals surface area (Å²) in [6, 6.07) is 7.82. The summed E-state index contributed by atoms with van der Waals surface area (Å²) in [7, 11) is 0. The number of nitrogens with one attached hydrogen (secondary N) is 1. The number of aromatic nitrogens is 2. The number of esters is 1. The summed E-state index contributed by atoms with van der Waals surface area (Å²) < 4.78 is 6.59. The summed E-state index contributed by atoms with van der Waals surface area (Å²) in [5.41, 5.74) is 6.32. The number of rotatable bonds is 4. The Kier molecular flexibility index (Phi) is 4.92. The summed E-state index contributed by atoms with van der Waals surface area (Å²) in [6.45, 7) is 1.22. The third kappa shape index (κ3) is 3.68. The molecule has 8 nitrogen and oxygen atoms in total. The average molecular weight is 393 g/mol. The second-order valence-corrected chi connectivity index (χ2v) is 6.76. The van der Waals surface area contributed by atoms with Crippen LogP contribution in [-0.2, 0) is 9.53 Å². The van der Waals surface area contributed by atoms with Crippen LogP contribution in [0.25, 0.3) is 15.9 Å². The van der Waals surface area contributed by atoms with E-state index in [-0.39, 0.29) is 0 Å². The van der Waals surface area contributed by atoms with Crippen LogP contribution in [0.15, 0.2) is 30.3 Å². The second-order valence-electron chi connectivity index (χ2n) is 5.30. The number of hydrogen-bond acceptors (Lipinski definition) is 6. The number of nitrogens with zero attached hydrogens (tertiary/aromatic N) is 2. The van der Waals surface area contributed by atoms with Gasteiger partial charge >= 0.3 is 12.0 Å². The topological polar surface area (TPSA) is 116 Å². The van der Waals surface area contributed by atoms with E-state index in [1.165, 1.54) is 11.3 Å². The van der Waals surface area contributed by atoms with Crippen molar-refractivity contribution in [3.8, 4) is 5.69 Å². The Morgan fingerprint density at radius 2 is 2.12 bits per heavy atom. The molecule has 0 unspecified atom stereocenters. The van der Waals surface area contributed by atoms with Crippen LogP contribution in [0, 0.1) is 6.92 Å². The minimum Gasteiger partial charge on any atom is -0.451 e. The fourth-order valence-electron chi connectivity index (χ4n) is 2.31. The van der Waals surface area contributed by atoms with E-state index in [2.05, 4.69) is 5.10 Å². The Balaban J connectivity index is 1.85. The van der Waals surface area contributed by atoms with Crippen molar-refractivity contribution in [1.29, 1.82) is 0 Å². The zero-order valence-electron chi connectivity index (χ0n) is 13.5. The molecule has 0 bridgehead atoms. The van der Waals surface area contributed by atoms with E-state index in [9.17, 15) is 14.4 Å². The molecular formula is C16H13ClN4O4S. The number of hydrogen-bond donors (Lipinski definition) is 2. The van der Waals surface area contributed by atoms with E-state index in [0.717, 1.165) is 21.6 Å². The molecule has 0 radical (unpaired) electrons. The van der Waals surface area contributed by atoms with Crippen LogP contribution in [0.4, 0.5) is 4.79 Å². The van der Waals surface area contributed by atoms with E-state index >= 15 is 0 Å². The van der Waals surface area contributed by atoms with Gasteiger partial charge in [-0.15, -0.1) is 11.3 Å². The number of fused-ring (bicyclic) bond motifs is 1. The first-order valence-electron chi connectivity index (χ1n) is 7.36. The monoisotopic (exact) mass is 392 g/mol. The number of carbonyl (C=O) groups excluding carboxylic acids is 3. The van der Waals surface area contributed by atoms with Crippen molar-refractivity contribution < 1.29 is 19.1 Å². The number of thiophene rings is 1. The molecule has 0 saturated carbocycles. The van der Waals surface area contributed by atoms with E-state index in [0.29, 0.717) is 9.90 Å². The number of amides is 3. The molecule has 0 fully saturated rings. The van der Waals surface area contributed by atoms with E-state index in [1.54, 1.807) is 28.9 Å². The molecule has 3 rings (SSSR count). The lowest BCUT2D eigenvalue weighted by molar-refractivity contribution is -0.123. The first-order chi connectivity index (χ1) is 12.3.